The minimum absolute atomic E-state index is 0.217. The highest BCUT2D eigenvalue weighted by atomic mass is 19.2. The van der Waals surface area contributed by atoms with E-state index in [9.17, 15) is 22.0 Å². The van der Waals surface area contributed by atoms with Gasteiger partial charge in [0.15, 0.2) is 29.1 Å². The monoisotopic (exact) mass is 301 g/mol. The van der Waals surface area contributed by atoms with Crippen molar-refractivity contribution in [1.82, 2.24) is 5.43 Å². The van der Waals surface area contributed by atoms with Crippen LogP contribution >= 0.6 is 0 Å². The molecule has 0 aliphatic carbocycles. The lowest BCUT2D eigenvalue weighted by atomic mass is 10.1. The number of hydrazine groups is 1. The molecule has 0 amide bonds. The van der Waals surface area contributed by atoms with Gasteiger partial charge in [0.1, 0.15) is 0 Å². The molecule has 3 N–H and O–H groups in total. The molecule has 3 nitrogen and oxygen atoms in total. The maximum absolute atomic E-state index is 13.6. The van der Waals surface area contributed by atoms with Crippen molar-refractivity contribution in [3.05, 3.63) is 65.0 Å². The third kappa shape index (κ3) is 2.70. The number of nitrogens with one attached hydrogen (secondary N) is 1. The number of para-hydroxylation sites is 1. The summed E-state index contributed by atoms with van der Waals surface area (Å²) in [4.78, 5) is 3.73. The molecule has 0 saturated carbocycles. The average molecular weight is 301 g/mol. The first-order valence-corrected chi connectivity index (χ1v) is 5.59. The van der Waals surface area contributed by atoms with Gasteiger partial charge in [-0.15, -0.1) is 0 Å². The quantitative estimate of drug-likeness (QED) is 0.170. The van der Waals surface area contributed by atoms with E-state index in [2.05, 4.69) is 4.99 Å². The van der Waals surface area contributed by atoms with Gasteiger partial charge < -0.3 is 5.43 Å². The number of amidine groups is 1. The highest BCUT2D eigenvalue weighted by Gasteiger charge is 2.28. The molecule has 0 bridgehead atoms. The molecule has 21 heavy (non-hydrogen) atoms. The first-order valence-electron chi connectivity index (χ1n) is 5.59. The largest absolute Gasteiger partial charge is 0.308 e. The lowest BCUT2D eigenvalue weighted by molar-refractivity contribution is 0.376. The van der Waals surface area contributed by atoms with Crippen molar-refractivity contribution in [3.63, 3.8) is 0 Å². The van der Waals surface area contributed by atoms with Crippen LogP contribution in [0.15, 0.2) is 35.3 Å². The second-order valence-electron chi connectivity index (χ2n) is 3.89. The number of benzene rings is 2. The molecular weight excluding hydrogens is 293 g/mol. The Hall–Kier alpha value is -2.48. The lowest BCUT2D eigenvalue weighted by Crippen LogP contribution is -2.33. The van der Waals surface area contributed by atoms with E-state index in [0.717, 1.165) is 0 Å². The van der Waals surface area contributed by atoms with Crippen LogP contribution < -0.4 is 11.3 Å². The van der Waals surface area contributed by atoms with Crippen LogP contribution in [0.25, 0.3) is 0 Å². The molecule has 0 saturated heterocycles. The molecule has 0 aliphatic heterocycles. The number of hydrogen-bond donors (Lipinski definition) is 2. The van der Waals surface area contributed by atoms with Crippen LogP contribution in [0.2, 0.25) is 0 Å². The van der Waals surface area contributed by atoms with Gasteiger partial charge >= 0.3 is 0 Å². The van der Waals surface area contributed by atoms with Crippen molar-refractivity contribution >= 4 is 11.5 Å². The Kier molecular flexibility index (Phi) is 4.18. The normalized spacial score (nSPS) is 11.6. The van der Waals surface area contributed by atoms with Crippen molar-refractivity contribution in [2.75, 3.05) is 0 Å². The second kappa shape index (κ2) is 5.88. The first kappa shape index (κ1) is 14.9. The standard InChI is InChI=1S/C13H8F5N3/c14-8-7(9(15)11(17)12(18)10(8)16)13(21-19)20-6-4-2-1-3-5-6/h1-5H,19H2,(H,20,21). The van der Waals surface area contributed by atoms with Gasteiger partial charge in [-0.25, -0.2) is 32.8 Å². The second-order valence-corrected chi connectivity index (χ2v) is 3.89. The Labute approximate surface area is 115 Å². The fourth-order valence-electron chi connectivity index (χ4n) is 1.60. The van der Waals surface area contributed by atoms with E-state index in [4.69, 9.17) is 5.84 Å². The number of aliphatic imine (C=N–C) groups is 1. The Morgan fingerprint density at radius 3 is 1.76 bits per heavy atom. The summed E-state index contributed by atoms with van der Waals surface area (Å²) in [6, 6.07) is 7.73. The van der Waals surface area contributed by atoms with Gasteiger partial charge in [-0.2, -0.15) is 0 Å². The van der Waals surface area contributed by atoms with Gasteiger partial charge in [0.05, 0.1) is 11.3 Å². The summed E-state index contributed by atoms with van der Waals surface area (Å²) in [5.41, 5.74) is 0.829. The van der Waals surface area contributed by atoms with Crippen molar-refractivity contribution in [1.29, 1.82) is 0 Å². The van der Waals surface area contributed by atoms with Gasteiger partial charge in [0.25, 0.3) is 0 Å². The SMILES string of the molecule is NNC(=Nc1ccccc1)c1c(F)c(F)c(F)c(F)c1F. The molecule has 0 unspecified atom stereocenters. The van der Waals surface area contributed by atoms with Crippen molar-refractivity contribution in [3.8, 4) is 0 Å². The zero-order valence-electron chi connectivity index (χ0n) is 10.3. The third-order valence-electron chi connectivity index (χ3n) is 2.58. The van der Waals surface area contributed by atoms with E-state index < -0.39 is 40.5 Å². The first-order chi connectivity index (χ1) is 9.97. The summed E-state index contributed by atoms with van der Waals surface area (Å²) >= 11 is 0. The van der Waals surface area contributed by atoms with Gasteiger partial charge in [0.2, 0.25) is 5.82 Å². The van der Waals surface area contributed by atoms with Crippen LogP contribution in [0.5, 0.6) is 0 Å². The molecule has 8 heteroatoms. The van der Waals surface area contributed by atoms with E-state index >= 15 is 0 Å². The summed E-state index contributed by atoms with van der Waals surface area (Å²) in [6.45, 7) is 0. The smallest absolute Gasteiger partial charge is 0.200 e. The molecule has 2 rings (SSSR count). The number of hydrogen-bond acceptors (Lipinski definition) is 2. The van der Waals surface area contributed by atoms with Crippen LogP contribution in [0, 0.1) is 29.1 Å². The van der Waals surface area contributed by atoms with E-state index in [0.29, 0.717) is 0 Å². The minimum atomic E-state index is -2.25. The van der Waals surface area contributed by atoms with Crippen molar-refractivity contribution in [2.45, 2.75) is 0 Å². The van der Waals surface area contributed by atoms with E-state index in [1.54, 1.807) is 18.2 Å². The van der Waals surface area contributed by atoms with E-state index in [-0.39, 0.29) is 5.69 Å². The maximum Gasteiger partial charge on any atom is 0.200 e. The Morgan fingerprint density at radius 2 is 1.29 bits per heavy atom. The predicted octanol–water partition coefficient (Wildman–Crippen LogP) is 2.92. The summed E-state index contributed by atoms with van der Waals surface area (Å²) in [5, 5.41) is 0. The molecule has 0 spiro atoms. The summed E-state index contributed by atoms with van der Waals surface area (Å²) in [7, 11) is 0. The fourth-order valence-corrected chi connectivity index (χ4v) is 1.60. The fraction of sp³-hybridized carbons (Fsp3) is 0. The Balaban J connectivity index is 2.67. The molecule has 0 atom stereocenters. The predicted molar refractivity (Wildman–Crippen MR) is 66.2 cm³/mol. The van der Waals surface area contributed by atoms with Crippen LogP contribution in [0.1, 0.15) is 5.56 Å². The maximum atomic E-state index is 13.6. The molecule has 0 heterocycles. The number of halogens is 5. The van der Waals surface area contributed by atoms with Gasteiger partial charge in [-0.3, -0.25) is 0 Å². The summed E-state index contributed by atoms with van der Waals surface area (Å²) < 4.78 is 66.6. The van der Waals surface area contributed by atoms with Crippen LogP contribution in [0.4, 0.5) is 27.6 Å². The van der Waals surface area contributed by atoms with Crippen molar-refractivity contribution < 1.29 is 22.0 Å². The molecule has 0 aliphatic rings. The molecule has 0 radical (unpaired) electrons. The zero-order valence-corrected chi connectivity index (χ0v) is 10.3. The molecule has 2 aromatic rings. The van der Waals surface area contributed by atoms with Gasteiger partial charge in [-0.05, 0) is 12.1 Å². The summed E-state index contributed by atoms with van der Waals surface area (Å²) in [5.74, 6) is -6.02. The number of nitrogens with zero attached hydrogens (tertiary/aromatic N) is 1. The third-order valence-corrected chi connectivity index (χ3v) is 2.58. The van der Waals surface area contributed by atoms with E-state index in [1.807, 2.05) is 5.43 Å². The molecule has 0 aromatic heterocycles. The zero-order chi connectivity index (χ0) is 15.6. The topological polar surface area (TPSA) is 50.4 Å². The van der Waals surface area contributed by atoms with E-state index in [1.165, 1.54) is 12.1 Å². The van der Waals surface area contributed by atoms with Gasteiger partial charge in [0, 0.05) is 0 Å². The highest BCUT2D eigenvalue weighted by Crippen LogP contribution is 2.24. The Morgan fingerprint density at radius 1 is 0.810 bits per heavy atom. The van der Waals surface area contributed by atoms with Crippen molar-refractivity contribution in [2.24, 2.45) is 10.8 Å². The van der Waals surface area contributed by atoms with Crippen LogP contribution in [-0.4, -0.2) is 5.84 Å². The van der Waals surface area contributed by atoms with Gasteiger partial charge in [-0.1, -0.05) is 18.2 Å². The molecular formula is C13H8F5N3. The highest BCUT2D eigenvalue weighted by molar-refractivity contribution is 6.00. The Bertz CT molecular complexity index is 672. The van der Waals surface area contributed by atoms with Crippen LogP contribution in [-0.2, 0) is 0 Å². The molecule has 2 aromatic carbocycles. The number of rotatable bonds is 2. The molecule has 110 valence electrons. The average Bonchev–Trinajstić information content (AvgIpc) is 2.51. The minimum Gasteiger partial charge on any atom is -0.308 e. The van der Waals surface area contributed by atoms with Crippen LogP contribution in [0.3, 0.4) is 0 Å². The molecule has 0 fully saturated rings. The summed E-state index contributed by atoms with van der Waals surface area (Å²) in [6.07, 6.45) is 0. The number of nitrogens with two attached hydrogens (primary N) is 1. The lowest BCUT2D eigenvalue weighted by Gasteiger charge is -2.10.